The molecule has 3 rings (SSSR count). The van der Waals surface area contributed by atoms with E-state index in [2.05, 4.69) is 0 Å². The van der Waals surface area contributed by atoms with Crippen LogP contribution in [0.1, 0.15) is 0 Å². The van der Waals surface area contributed by atoms with Gasteiger partial charge in [0.25, 0.3) is 0 Å². The number of aromatic nitrogens is 1. The fourth-order valence-corrected chi connectivity index (χ4v) is 1.76. The van der Waals surface area contributed by atoms with Crippen molar-refractivity contribution >= 4 is 16.8 Å². The van der Waals surface area contributed by atoms with Gasteiger partial charge >= 0.3 is 5.76 Å². The van der Waals surface area contributed by atoms with Gasteiger partial charge in [0.1, 0.15) is 18.1 Å². The number of hydrogen-bond donors (Lipinski definition) is 1. The van der Waals surface area contributed by atoms with Gasteiger partial charge in [-0.1, -0.05) is 12.1 Å². The molecule has 2 aromatic rings. The zero-order valence-electron chi connectivity index (χ0n) is 8.21. The third kappa shape index (κ3) is 1.23. The molecule has 0 saturated heterocycles. The van der Waals surface area contributed by atoms with Crippen LogP contribution in [0.25, 0.3) is 16.8 Å². The summed E-state index contributed by atoms with van der Waals surface area (Å²) in [6.07, 6.45) is 4.43. The van der Waals surface area contributed by atoms with Crippen molar-refractivity contribution in [3.05, 3.63) is 58.5 Å². The Labute approximate surface area is 90.1 Å². The third-order valence-electron chi connectivity index (χ3n) is 2.45. The second kappa shape index (κ2) is 3.19. The molecule has 1 aromatic carbocycles. The van der Waals surface area contributed by atoms with Crippen LogP contribution in [0.3, 0.4) is 0 Å². The molecule has 1 atom stereocenters. The number of fused-ring (bicyclic) bond motifs is 1. The summed E-state index contributed by atoms with van der Waals surface area (Å²) >= 11 is 0. The Morgan fingerprint density at radius 2 is 2.12 bits per heavy atom. The lowest BCUT2D eigenvalue weighted by Gasteiger charge is -2.05. The average molecular weight is 216 g/mol. The quantitative estimate of drug-likeness (QED) is 0.697. The summed E-state index contributed by atoms with van der Waals surface area (Å²) in [4.78, 5) is 11.6. The van der Waals surface area contributed by atoms with E-state index in [1.165, 1.54) is 17.0 Å². The second-order valence-electron chi connectivity index (χ2n) is 3.48. The van der Waals surface area contributed by atoms with Gasteiger partial charge in [-0.3, -0.25) is 0 Å². The summed E-state index contributed by atoms with van der Waals surface area (Å²) < 4.78 is 6.45. The van der Waals surface area contributed by atoms with Crippen LogP contribution < -0.4 is 10.8 Å². The molecule has 80 valence electrons. The number of quaternary nitrogens is 1. The molecule has 0 radical (unpaired) electrons. The van der Waals surface area contributed by atoms with Crippen molar-refractivity contribution in [2.75, 3.05) is 0 Å². The molecule has 0 fully saturated rings. The monoisotopic (exact) mass is 216 g/mol. The second-order valence-corrected chi connectivity index (χ2v) is 3.48. The normalized spacial score (nSPS) is 19.3. The largest absolute Gasteiger partial charge is 0.624 e. The molecular formula is C11H8N2O3. The molecule has 2 heterocycles. The fourth-order valence-electron chi connectivity index (χ4n) is 1.76. The van der Waals surface area contributed by atoms with Crippen LogP contribution in [0.15, 0.2) is 52.0 Å². The van der Waals surface area contributed by atoms with E-state index in [9.17, 15) is 10.0 Å². The van der Waals surface area contributed by atoms with E-state index in [1.807, 2.05) is 6.07 Å². The maximum Gasteiger partial charge on any atom is 0.424 e. The Hall–Kier alpha value is -2.11. The smallest absolute Gasteiger partial charge is 0.424 e. The molecule has 1 aliphatic rings. The topological polar surface area (TPSA) is 62.6 Å². The first-order chi connectivity index (χ1) is 7.75. The maximum atomic E-state index is 11.6. The molecule has 5 nitrogen and oxygen atoms in total. The van der Waals surface area contributed by atoms with Gasteiger partial charge in [-0.25, -0.2) is 9.36 Å². The molecule has 1 unspecified atom stereocenters. The van der Waals surface area contributed by atoms with E-state index in [0.717, 1.165) is 0 Å². The van der Waals surface area contributed by atoms with E-state index in [-0.39, 0.29) is 5.06 Å². The number of hydrogen-bond acceptors (Lipinski definition) is 3. The van der Waals surface area contributed by atoms with E-state index < -0.39 is 5.76 Å². The Morgan fingerprint density at radius 1 is 1.31 bits per heavy atom. The highest BCUT2D eigenvalue weighted by Gasteiger charge is 2.15. The summed E-state index contributed by atoms with van der Waals surface area (Å²) in [7, 11) is 0. The number of para-hydroxylation sites is 2. The first kappa shape index (κ1) is 9.14. The SMILES string of the molecule is O=c1oc2ccccc2n1C1=C[NH+]([O-])C=C1. The third-order valence-corrected chi connectivity index (χ3v) is 2.45. The summed E-state index contributed by atoms with van der Waals surface area (Å²) in [6.45, 7) is 0. The Morgan fingerprint density at radius 3 is 2.88 bits per heavy atom. The number of oxazole rings is 1. The molecule has 0 spiro atoms. The van der Waals surface area contributed by atoms with Crippen molar-refractivity contribution in [1.29, 1.82) is 0 Å². The molecule has 0 aliphatic carbocycles. The zero-order valence-corrected chi connectivity index (χ0v) is 8.21. The van der Waals surface area contributed by atoms with E-state index in [0.29, 0.717) is 16.8 Å². The van der Waals surface area contributed by atoms with Gasteiger partial charge in [-0.2, -0.15) is 0 Å². The van der Waals surface area contributed by atoms with Crippen LogP contribution in [0.2, 0.25) is 0 Å². The number of allylic oxidation sites excluding steroid dienone is 2. The number of rotatable bonds is 1. The lowest BCUT2D eigenvalue weighted by Crippen LogP contribution is -2.95. The van der Waals surface area contributed by atoms with Gasteiger partial charge in [0.2, 0.25) is 0 Å². The van der Waals surface area contributed by atoms with Gasteiger partial charge in [-0.05, 0) is 12.1 Å². The average Bonchev–Trinajstić information content (AvgIpc) is 2.80. The van der Waals surface area contributed by atoms with Crippen molar-refractivity contribution in [2.45, 2.75) is 0 Å². The Kier molecular flexibility index (Phi) is 1.82. The van der Waals surface area contributed by atoms with E-state index in [4.69, 9.17) is 4.42 Å². The van der Waals surface area contributed by atoms with Gasteiger partial charge in [0.05, 0.1) is 5.52 Å². The number of benzene rings is 1. The molecule has 0 bridgehead atoms. The maximum absolute atomic E-state index is 11.6. The molecule has 1 N–H and O–H groups in total. The minimum Gasteiger partial charge on any atom is -0.624 e. The minimum absolute atomic E-state index is 0.118. The highest BCUT2D eigenvalue weighted by Crippen LogP contribution is 2.16. The molecule has 5 heteroatoms. The molecule has 1 aromatic heterocycles. The van der Waals surface area contributed by atoms with Gasteiger partial charge < -0.3 is 14.7 Å². The van der Waals surface area contributed by atoms with E-state index >= 15 is 0 Å². The minimum atomic E-state index is -0.480. The lowest BCUT2D eigenvalue weighted by atomic mass is 10.3. The summed E-state index contributed by atoms with van der Waals surface area (Å²) in [5.74, 6) is -0.480. The first-order valence-electron chi connectivity index (χ1n) is 4.80. The predicted octanol–water partition coefficient (Wildman–Crippen LogP) is 0.303. The van der Waals surface area contributed by atoms with Gasteiger partial charge in [0, 0.05) is 6.08 Å². The standard InChI is InChI=1S/C11H8N2O3/c14-11-13(8-5-6-12(15)7-8)9-3-1-2-4-10(9)16-11/h1-7,12H. The van der Waals surface area contributed by atoms with Crippen molar-refractivity contribution in [2.24, 2.45) is 0 Å². The van der Waals surface area contributed by atoms with E-state index in [1.54, 1.807) is 24.3 Å². The summed E-state index contributed by atoms with van der Waals surface area (Å²) in [6, 6.07) is 7.10. The van der Waals surface area contributed by atoms with Crippen molar-refractivity contribution in [3.63, 3.8) is 0 Å². The number of nitrogens with zero attached hydrogens (tertiary/aromatic N) is 1. The molecular weight excluding hydrogens is 208 g/mol. The Balaban J connectivity index is 2.32. The zero-order chi connectivity index (χ0) is 11.1. The first-order valence-corrected chi connectivity index (χ1v) is 4.80. The summed E-state index contributed by atoms with van der Waals surface area (Å²) in [5.41, 5.74) is 1.72. The van der Waals surface area contributed by atoms with Crippen LogP contribution >= 0.6 is 0 Å². The highest BCUT2D eigenvalue weighted by atomic mass is 16.5. The van der Waals surface area contributed by atoms with Crippen LogP contribution in [-0.4, -0.2) is 4.57 Å². The van der Waals surface area contributed by atoms with Gasteiger partial charge in [-0.15, -0.1) is 0 Å². The van der Waals surface area contributed by atoms with Crippen LogP contribution in [0, 0.1) is 5.21 Å². The lowest BCUT2D eigenvalue weighted by molar-refractivity contribution is -0.726. The number of nitrogens with one attached hydrogen (secondary N) is 1. The predicted molar refractivity (Wildman–Crippen MR) is 58.2 cm³/mol. The molecule has 0 amide bonds. The number of hydroxylamine groups is 2. The van der Waals surface area contributed by atoms with Gasteiger partial charge in [0.15, 0.2) is 5.58 Å². The fraction of sp³-hybridized carbons (Fsp3) is 0. The molecule has 0 saturated carbocycles. The van der Waals surface area contributed by atoms with Crippen molar-refractivity contribution < 1.29 is 9.48 Å². The van der Waals surface area contributed by atoms with Crippen LogP contribution in [0.5, 0.6) is 0 Å². The molecule has 16 heavy (non-hydrogen) atoms. The highest BCUT2D eigenvalue weighted by molar-refractivity contribution is 5.78. The summed E-state index contributed by atoms with van der Waals surface area (Å²) in [5, 5.41) is 11.0. The van der Waals surface area contributed by atoms with Crippen molar-refractivity contribution in [3.8, 4) is 0 Å². The van der Waals surface area contributed by atoms with Crippen LogP contribution in [0.4, 0.5) is 0 Å². The molecule has 1 aliphatic heterocycles. The van der Waals surface area contributed by atoms with Crippen molar-refractivity contribution in [1.82, 2.24) is 4.57 Å². The van der Waals surface area contributed by atoms with Crippen LogP contribution in [-0.2, 0) is 0 Å². The Bertz CT molecular complexity index is 663.